The number of aromatic nitrogens is 2. The molecule has 1 rings (SSSR count). The molecule has 1 N–H and O–H groups in total. The summed E-state index contributed by atoms with van der Waals surface area (Å²) in [6.45, 7) is 6.85. The second kappa shape index (κ2) is 4.20. The van der Waals surface area contributed by atoms with E-state index in [2.05, 4.69) is 34.9 Å². The van der Waals surface area contributed by atoms with Crippen molar-refractivity contribution in [1.29, 1.82) is 5.26 Å². The number of hydrogen-bond acceptors (Lipinski definition) is 4. The molecule has 1 heterocycles. The molecule has 0 fully saturated rings. The first-order chi connectivity index (χ1) is 6.51. The highest BCUT2D eigenvalue weighted by Gasteiger charge is 2.12. The molecule has 0 aromatic carbocycles. The van der Waals surface area contributed by atoms with Crippen molar-refractivity contribution >= 4 is 13.8 Å². The fourth-order valence-corrected chi connectivity index (χ4v) is 1.58. The van der Waals surface area contributed by atoms with Gasteiger partial charge >= 0.3 is 0 Å². The minimum Gasteiger partial charge on any atom is -0.386 e. The zero-order valence-corrected chi connectivity index (χ0v) is 9.70. The van der Waals surface area contributed by atoms with Crippen molar-refractivity contribution in [3.05, 3.63) is 18.2 Å². The summed E-state index contributed by atoms with van der Waals surface area (Å²) in [5, 5.41) is 11.8. The monoisotopic (exact) mass is 206 g/mol. The minimum atomic E-state index is -1.09. The van der Waals surface area contributed by atoms with E-state index in [1.807, 2.05) is 6.07 Å². The normalized spacial score (nSPS) is 10.7. The zero-order valence-electron chi connectivity index (χ0n) is 8.70. The van der Waals surface area contributed by atoms with Crippen LogP contribution in [0.15, 0.2) is 12.4 Å². The van der Waals surface area contributed by atoms with Crippen molar-refractivity contribution in [3.63, 3.8) is 0 Å². The summed E-state index contributed by atoms with van der Waals surface area (Å²) in [4.78, 5) is 7.76. The van der Waals surface area contributed by atoms with E-state index in [0.29, 0.717) is 0 Å². The van der Waals surface area contributed by atoms with E-state index in [4.69, 9.17) is 5.26 Å². The Bertz CT molecular complexity index is 333. The van der Waals surface area contributed by atoms with E-state index >= 15 is 0 Å². The first-order valence-corrected chi connectivity index (χ1v) is 8.18. The van der Waals surface area contributed by atoms with Gasteiger partial charge in [-0.15, -0.1) is 0 Å². The molecule has 0 bridgehead atoms. The number of nitrogens with zero attached hydrogens (tertiary/aromatic N) is 3. The Hall–Kier alpha value is -1.41. The van der Waals surface area contributed by atoms with Gasteiger partial charge in [0.1, 0.15) is 6.07 Å². The Labute approximate surface area is 85.0 Å². The van der Waals surface area contributed by atoms with E-state index in [0.717, 1.165) is 11.9 Å². The zero-order chi connectivity index (χ0) is 10.6. The van der Waals surface area contributed by atoms with Crippen molar-refractivity contribution in [2.24, 2.45) is 0 Å². The Balaban J connectivity index is 2.58. The van der Waals surface area contributed by atoms with Crippen molar-refractivity contribution in [2.75, 3.05) is 11.5 Å². The first-order valence-electron chi connectivity index (χ1n) is 4.47. The number of rotatable bonds is 3. The van der Waals surface area contributed by atoms with Crippen molar-refractivity contribution < 1.29 is 0 Å². The van der Waals surface area contributed by atoms with Crippen LogP contribution in [0.4, 0.5) is 5.69 Å². The summed E-state index contributed by atoms with van der Waals surface area (Å²) in [6, 6.07) is 1.89. The summed E-state index contributed by atoms with van der Waals surface area (Å²) in [6.07, 6.45) is 4.28. The predicted octanol–water partition coefficient (Wildman–Crippen LogP) is 1.64. The summed E-state index contributed by atoms with van der Waals surface area (Å²) >= 11 is 0. The Kier molecular flexibility index (Phi) is 3.20. The van der Waals surface area contributed by atoms with Crippen LogP contribution in [-0.4, -0.2) is 24.2 Å². The van der Waals surface area contributed by atoms with Gasteiger partial charge in [0.15, 0.2) is 0 Å². The molecule has 0 radical (unpaired) electrons. The lowest BCUT2D eigenvalue weighted by atomic mass is 10.5. The van der Waals surface area contributed by atoms with E-state index in [1.54, 1.807) is 12.4 Å². The third-order valence-corrected chi connectivity index (χ3v) is 2.81. The van der Waals surface area contributed by atoms with Crippen LogP contribution in [0, 0.1) is 11.3 Å². The van der Waals surface area contributed by atoms with Crippen LogP contribution in [0.25, 0.3) is 0 Å². The van der Waals surface area contributed by atoms with Gasteiger partial charge in [0.2, 0.25) is 5.82 Å². The van der Waals surface area contributed by atoms with Gasteiger partial charge in [-0.2, -0.15) is 5.26 Å². The lowest BCUT2D eigenvalue weighted by Gasteiger charge is -2.16. The smallest absolute Gasteiger partial charge is 0.232 e. The summed E-state index contributed by atoms with van der Waals surface area (Å²) < 4.78 is 0. The van der Waals surface area contributed by atoms with E-state index in [1.165, 1.54) is 0 Å². The molecule has 4 nitrogen and oxygen atoms in total. The van der Waals surface area contributed by atoms with Crippen LogP contribution in [0.3, 0.4) is 0 Å². The third-order valence-electron chi connectivity index (χ3n) is 1.57. The molecule has 5 heteroatoms. The van der Waals surface area contributed by atoms with Crippen LogP contribution < -0.4 is 5.32 Å². The van der Waals surface area contributed by atoms with Crippen molar-refractivity contribution in [2.45, 2.75) is 19.6 Å². The number of nitriles is 1. The topological polar surface area (TPSA) is 61.6 Å². The molecule has 74 valence electrons. The predicted molar refractivity (Wildman–Crippen MR) is 58.6 cm³/mol. The molecule has 0 aliphatic carbocycles. The lowest BCUT2D eigenvalue weighted by Crippen LogP contribution is -2.31. The SMILES string of the molecule is C[Si](C)(C)CNc1cnc(C#N)nc1. The fourth-order valence-electron chi connectivity index (χ4n) is 0.844. The lowest BCUT2D eigenvalue weighted by molar-refractivity contribution is 1.11. The van der Waals surface area contributed by atoms with E-state index in [9.17, 15) is 0 Å². The molecule has 0 aliphatic heterocycles. The van der Waals surface area contributed by atoms with Gasteiger partial charge in [-0.3, -0.25) is 0 Å². The van der Waals surface area contributed by atoms with Crippen molar-refractivity contribution in [3.8, 4) is 6.07 Å². The Morgan fingerprint density at radius 1 is 1.36 bits per heavy atom. The molecule has 0 spiro atoms. The molecule has 0 saturated carbocycles. The second-order valence-corrected chi connectivity index (χ2v) is 9.80. The third kappa shape index (κ3) is 3.54. The van der Waals surface area contributed by atoms with Gasteiger partial charge in [0, 0.05) is 6.17 Å². The van der Waals surface area contributed by atoms with Crippen LogP contribution in [0.5, 0.6) is 0 Å². The maximum Gasteiger partial charge on any atom is 0.232 e. The molecule has 1 aromatic heterocycles. The first kappa shape index (κ1) is 10.7. The molecule has 1 aromatic rings. The fraction of sp³-hybridized carbons (Fsp3) is 0.444. The standard InChI is InChI=1S/C9H14N4Si/c1-14(2,3)7-13-8-5-11-9(4-10)12-6-8/h5-6,13H,7H2,1-3H3. The molecule has 0 amide bonds. The van der Waals surface area contributed by atoms with Crippen molar-refractivity contribution in [1.82, 2.24) is 9.97 Å². The molecule has 0 unspecified atom stereocenters. The summed E-state index contributed by atoms with van der Waals surface area (Å²) in [5.74, 6) is 0.212. The van der Waals surface area contributed by atoms with Gasteiger partial charge < -0.3 is 5.32 Å². The Morgan fingerprint density at radius 2 is 1.93 bits per heavy atom. The summed E-state index contributed by atoms with van der Waals surface area (Å²) in [5.41, 5.74) is 0.881. The molecule has 0 atom stereocenters. The van der Waals surface area contributed by atoms with Crippen LogP contribution in [0.2, 0.25) is 19.6 Å². The molecular weight excluding hydrogens is 192 g/mol. The number of nitrogens with one attached hydrogen (secondary N) is 1. The second-order valence-electron chi connectivity index (χ2n) is 4.32. The number of hydrogen-bond donors (Lipinski definition) is 1. The summed E-state index contributed by atoms with van der Waals surface area (Å²) in [7, 11) is -1.09. The maximum absolute atomic E-state index is 8.50. The van der Waals surface area contributed by atoms with Gasteiger partial charge in [-0.1, -0.05) is 19.6 Å². The van der Waals surface area contributed by atoms with E-state index in [-0.39, 0.29) is 5.82 Å². The number of anilines is 1. The highest BCUT2D eigenvalue weighted by Crippen LogP contribution is 2.06. The maximum atomic E-state index is 8.50. The largest absolute Gasteiger partial charge is 0.386 e. The Morgan fingerprint density at radius 3 is 2.36 bits per heavy atom. The highest BCUT2D eigenvalue weighted by molar-refractivity contribution is 6.76. The average Bonchev–Trinajstić information content (AvgIpc) is 2.14. The molecule has 0 saturated heterocycles. The van der Waals surface area contributed by atoms with Gasteiger partial charge in [0.05, 0.1) is 26.2 Å². The highest BCUT2D eigenvalue weighted by atomic mass is 28.3. The van der Waals surface area contributed by atoms with Gasteiger partial charge in [-0.25, -0.2) is 9.97 Å². The van der Waals surface area contributed by atoms with Gasteiger partial charge in [-0.05, 0) is 0 Å². The average molecular weight is 206 g/mol. The molecule has 0 aliphatic rings. The van der Waals surface area contributed by atoms with E-state index < -0.39 is 8.07 Å². The van der Waals surface area contributed by atoms with Crippen LogP contribution in [0.1, 0.15) is 5.82 Å². The molecule has 14 heavy (non-hydrogen) atoms. The van der Waals surface area contributed by atoms with Gasteiger partial charge in [0.25, 0.3) is 0 Å². The molecular formula is C9H14N4Si. The quantitative estimate of drug-likeness (QED) is 0.764. The van der Waals surface area contributed by atoms with Crippen LogP contribution in [-0.2, 0) is 0 Å². The minimum absolute atomic E-state index is 0.212. The van der Waals surface area contributed by atoms with Crippen LogP contribution >= 0.6 is 0 Å².